The number of amides is 1. The predicted octanol–water partition coefficient (Wildman–Crippen LogP) is 3.92. The fraction of sp³-hybridized carbons (Fsp3) is 0.188. The highest BCUT2D eigenvalue weighted by molar-refractivity contribution is 9.10. The van der Waals surface area contributed by atoms with Crippen molar-refractivity contribution in [3.8, 4) is 5.75 Å². The largest absolute Gasteiger partial charge is 0.476 e. The minimum Gasteiger partial charge on any atom is -0.476 e. The van der Waals surface area contributed by atoms with E-state index in [9.17, 15) is 13.2 Å². The first-order chi connectivity index (χ1) is 12.1. The number of ether oxygens (including phenoxy) is 1. The Morgan fingerprint density at radius 1 is 1.27 bits per heavy atom. The summed E-state index contributed by atoms with van der Waals surface area (Å²) in [7, 11) is -3.62. The summed E-state index contributed by atoms with van der Waals surface area (Å²) < 4.78 is 31.8. The van der Waals surface area contributed by atoms with E-state index >= 15 is 0 Å². The lowest BCUT2D eigenvalue weighted by molar-refractivity contribution is -0.122. The van der Waals surface area contributed by atoms with Gasteiger partial charge < -0.3 is 10.1 Å². The standard InChI is InChI=1S/C16H13BrCl2N2O4S/c1-26(23,24)21-8-15(25-14-5-2-9(18)6-13(14)21)16(22)20-10-3-4-11(17)12(19)7-10/h2-7,15H,8H2,1H3,(H,20,22)/t15-/m0/s1. The number of rotatable bonds is 3. The molecule has 0 bridgehead atoms. The van der Waals surface area contributed by atoms with Crippen molar-refractivity contribution in [2.45, 2.75) is 6.10 Å². The number of carbonyl (C=O) groups is 1. The maximum Gasteiger partial charge on any atom is 0.267 e. The third kappa shape index (κ3) is 4.09. The predicted molar refractivity (Wildman–Crippen MR) is 106 cm³/mol. The van der Waals surface area contributed by atoms with E-state index in [1.54, 1.807) is 24.3 Å². The van der Waals surface area contributed by atoms with Crippen molar-refractivity contribution >= 4 is 66.4 Å². The van der Waals surface area contributed by atoms with Crippen LogP contribution in [0.5, 0.6) is 5.75 Å². The summed E-state index contributed by atoms with van der Waals surface area (Å²) >= 11 is 15.2. The van der Waals surface area contributed by atoms with E-state index in [2.05, 4.69) is 21.2 Å². The highest BCUT2D eigenvalue weighted by atomic mass is 79.9. The molecule has 1 atom stereocenters. The Hall–Kier alpha value is -1.48. The van der Waals surface area contributed by atoms with Crippen molar-refractivity contribution < 1.29 is 17.9 Å². The van der Waals surface area contributed by atoms with Crippen molar-refractivity contribution in [3.05, 3.63) is 50.9 Å². The molecule has 1 aliphatic rings. The van der Waals surface area contributed by atoms with Gasteiger partial charge in [0.25, 0.3) is 5.91 Å². The summed E-state index contributed by atoms with van der Waals surface area (Å²) in [5, 5.41) is 3.48. The molecular weight excluding hydrogens is 467 g/mol. The molecule has 2 aromatic rings. The topological polar surface area (TPSA) is 75.7 Å². The molecular formula is C16H13BrCl2N2O4S. The normalized spacial score (nSPS) is 16.6. The number of fused-ring (bicyclic) bond motifs is 1. The van der Waals surface area contributed by atoms with E-state index < -0.39 is 22.0 Å². The van der Waals surface area contributed by atoms with Crippen LogP contribution in [-0.4, -0.2) is 33.2 Å². The van der Waals surface area contributed by atoms with Gasteiger partial charge >= 0.3 is 0 Å². The second-order valence-corrected chi connectivity index (χ2v) is 9.24. The van der Waals surface area contributed by atoms with Crippen LogP contribution in [-0.2, 0) is 14.8 Å². The third-order valence-electron chi connectivity index (χ3n) is 3.67. The van der Waals surface area contributed by atoms with Crippen LogP contribution in [0.2, 0.25) is 10.0 Å². The van der Waals surface area contributed by atoms with Crippen LogP contribution in [0.25, 0.3) is 0 Å². The van der Waals surface area contributed by atoms with E-state index in [-0.39, 0.29) is 12.3 Å². The number of hydrogen-bond acceptors (Lipinski definition) is 4. The van der Waals surface area contributed by atoms with Gasteiger partial charge in [0.05, 0.1) is 23.5 Å². The Kier molecular flexibility index (Phi) is 5.39. The molecule has 1 amide bonds. The van der Waals surface area contributed by atoms with Gasteiger partial charge in [-0.05, 0) is 52.3 Å². The van der Waals surface area contributed by atoms with Gasteiger partial charge in [-0.1, -0.05) is 23.2 Å². The first-order valence-corrected chi connectivity index (χ1v) is 10.7. The van der Waals surface area contributed by atoms with Gasteiger partial charge in [0, 0.05) is 15.2 Å². The van der Waals surface area contributed by atoms with Crippen molar-refractivity contribution in [2.75, 3.05) is 22.4 Å². The molecule has 3 rings (SSSR count). The smallest absolute Gasteiger partial charge is 0.267 e. The zero-order valence-electron chi connectivity index (χ0n) is 13.4. The second kappa shape index (κ2) is 7.26. The second-order valence-electron chi connectivity index (χ2n) is 5.63. The molecule has 138 valence electrons. The minimum atomic E-state index is -3.62. The van der Waals surface area contributed by atoms with E-state index in [0.29, 0.717) is 25.9 Å². The molecule has 0 saturated heterocycles. The molecule has 1 heterocycles. The van der Waals surface area contributed by atoms with Crippen molar-refractivity contribution in [2.24, 2.45) is 0 Å². The molecule has 0 aromatic heterocycles. The Morgan fingerprint density at radius 2 is 2.00 bits per heavy atom. The van der Waals surface area contributed by atoms with Crippen LogP contribution >= 0.6 is 39.1 Å². The summed E-state index contributed by atoms with van der Waals surface area (Å²) in [4.78, 5) is 12.6. The van der Waals surface area contributed by atoms with Crippen LogP contribution in [0.15, 0.2) is 40.9 Å². The zero-order valence-corrected chi connectivity index (χ0v) is 17.3. The summed E-state index contributed by atoms with van der Waals surface area (Å²) in [6, 6.07) is 9.52. The van der Waals surface area contributed by atoms with Crippen molar-refractivity contribution in [1.82, 2.24) is 0 Å². The quantitative estimate of drug-likeness (QED) is 0.723. The monoisotopic (exact) mass is 478 g/mol. The Bertz CT molecular complexity index is 984. The van der Waals surface area contributed by atoms with Gasteiger partial charge in [-0.3, -0.25) is 9.10 Å². The number of sulfonamides is 1. The average molecular weight is 480 g/mol. The molecule has 0 aliphatic carbocycles. The van der Waals surface area contributed by atoms with E-state index in [1.165, 1.54) is 12.1 Å². The molecule has 1 aliphatic heterocycles. The van der Waals surface area contributed by atoms with Crippen molar-refractivity contribution in [3.63, 3.8) is 0 Å². The maximum atomic E-state index is 12.6. The van der Waals surface area contributed by atoms with Crippen LogP contribution in [0.1, 0.15) is 0 Å². The first-order valence-electron chi connectivity index (χ1n) is 7.35. The number of hydrogen-bond donors (Lipinski definition) is 1. The summed E-state index contributed by atoms with van der Waals surface area (Å²) in [6.45, 7) is -0.164. The number of nitrogens with zero attached hydrogens (tertiary/aromatic N) is 1. The molecule has 0 radical (unpaired) electrons. The third-order valence-corrected chi connectivity index (χ3v) is 6.28. The molecule has 2 aromatic carbocycles. The van der Waals surface area contributed by atoms with Gasteiger partial charge in [0.2, 0.25) is 10.0 Å². The van der Waals surface area contributed by atoms with E-state index in [0.717, 1.165) is 10.6 Å². The van der Waals surface area contributed by atoms with Crippen LogP contribution in [0.3, 0.4) is 0 Å². The van der Waals surface area contributed by atoms with Crippen LogP contribution in [0.4, 0.5) is 11.4 Å². The first kappa shape index (κ1) is 19.3. The van der Waals surface area contributed by atoms with E-state index in [1.807, 2.05) is 0 Å². The number of halogens is 3. The van der Waals surface area contributed by atoms with E-state index in [4.69, 9.17) is 27.9 Å². The molecule has 0 saturated carbocycles. The number of benzene rings is 2. The molecule has 1 N–H and O–H groups in total. The molecule has 6 nitrogen and oxygen atoms in total. The van der Waals surface area contributed by atoms with Gasteiger partial charge in [-0.2, -0.15) is 0 Å². The Balaban J connectivity index is 1.88. The van der Waals surface area contributed by atoms with Crippen molar-refractivity contribution in [1.29, 1.82) is 0 Å². The highest BCUT2D eigenvalue weighted by Gasteiger charge is 2.35. The summed E-state index contributed by atoms with van der Waals surface area (Å²) in [5.41, 5.74) is 0.773. The molecule has 26 heavy (non-hydrogen) atoms. The minimum absolute atomic E-state index is 0.164. The van der Waals surface area contributed by atoms with Crippen LogP contribution < -0.4 is 14.4 Å². The number of anilines is 2. The number of nitrogens with one attached hydrogen (secondary N) is 1. The Labute approximate surface area is 169 Å². The lowest BCUT2D eigenvalue weighted by Crippen LogP contribution is -2.48. The molecule has 10 heteroatoms. The van der Waals surface area contributed by atoms with Crippen LogP contribution in [0, 0.1) is 0 Å². The SMILES string of the molecule is CS(=O)(=O)N1C[C@@H](C(=O)Nc2ccc(Br)c(Cl)c2)Oc2ccc(Cl)cc21. The number of carbonyl (C=O) groups excluding carboxylic acids is 1. The molecule has 0 spiro atoms. The lowest BCUT2D eigenvalue weighted by Gasteiger charge is -2.34. The highest BCUT2D eigenvalue weighted by Crippen LogP contribution is 2.37. The van der Waals surface area contributed by atoms with Gasteiger partial charge in [0.15, 0.2) is 6.10 Å². The average Bonchev–Trinajstić information content (AvgIpc) is 2.56. The fourth-order valence-corrected chi connectivity index (χ4v) is 3.97. The van der Waals surface area contributed by atoms with Gasteiger partial charge in [-0.15, -0.1) is 0 Å². The maximum absolute atomic E-state index is 12.6. The fourth-order valence-electron chi connectivity index (χ4n) is 2.47. The van der Waals surface area contributed by atoms with Gasteiger partial charge in [-0.25, -0.2) is 8.42 Å². The molecule has 0 unspecified atom stereocenters. The summed E-state index contributed by atoms with van der Waals surface area (Å²) in [5.74, 6) is -0.224. The summed E-state index contributed by atoms with van der Waals surface area (Å²) in [6.07, 6.45) is 0.0350. The van der Waals surface area contributed by atoms with Gasteiger partial charge in [0.1, 0.15) is 5.75 Å². The zero-order chi connectivity index (χ0) is 19.1. The lowest BCUT2D eigenvalue weighted by atomic mass is 10.2. The Morgan fingerprint density at radius 3 is 2.65 bits per heavy atom. The molecule has 0 fully saturated rings.